The molecule has 0 atom stereocenters. The van der Waals surface area contributed by atoms with Crippen molar-refractivity contribution in [1.29, 1.82) is 0 Å². The Bertz CT molecular complexity index is 1040. The zero-order chi connectivity index (χ0) is 24.2. The minimum atomic E-state index is -1.10. The van der Waals surface area contributed by atoms with E-state index in [4.69, 9.17) is 25.6 Å². The normalized spacial score (nSPS) is 17.0. The fourth-order valence-electron chi connectivity index (χ4n) is 3.19. The lowest BCUT2D eigenvalue weighted by molar-refractivity contribution is 0.00578. The highest BCUT2D eigenvalue weighted by Gasteiger charge is 2.52. The van der Waals surface area contributed by atoms with Crippen LogP contribution in [0, 0.1) is 0 Å². The molecule has 1 aliphatic rings. The van der Waals surface area contributed by atoms with Crippen LogP contribution in [0.5, 0.6) is 0 Å². The van der Waals surface area contributed by atoms with Gasteiger partial charge in [0.05, 0.1) is 16.8 Å². The molecule has 33 heavy (non-hydrogen) atoms. The maximum Gasteiger partial charge on any atom is 0.492 e. The topological polar surface area (TPSA) is 94.1 Å². The fraction of sp³-hybridized carbons (Fsp3) is 0.333. The lowest BCUT2D eigenvalue weighted by atomic mass is 9.76. The van der Waals surface area contributed by atoms with Gasteiger partial charge in [-0.15, -0.1) is 0 Å². The van der Waals surface area contributed by atoms with Crippen molar-refractivity contribution < 1.29 is 28.7 Å². The van der Waals surface area contributed by atoms with Crippen LogP contribution in [-0.2, 0) is 20.7 Å². The third-order valence-corrected chi connectivity index (χ3v) is 6.03. The maximum absolute atomic E-state index is 12.3. The van der Waals surface area contributed by atoms with E-state index >= 15 is 0 Å². The predicted molar refractivity (Wildman–Crippen MR) is 127 cm³/mol. The average Bonchev–Trinajstić information content (AvgIpc) is 2.97. The molecule has 1 saturated heterocycles. The van der Waals surface area contributed by atoms with Crippen LogP contribution in [0.2, 0.25) is 5.02 Å². The van der Waals surface area contributed by atoms with E-state index in [0.717, 1.165) is 5.56 Å². The number of aromatic carboxylic acids is 1. The number of ether oxygens (including phenoxy) is 1. The van der Waals surface area contributed by atoms with Crippen LogP contribution >= 0.6 is 11.6 Å². The number of carboxylic acid groups (broad SMARTS) is 1. The lowest BCUT2D eigenvalue weighted by Crippen LogP contribution is -2.41. The molecule has 1 fully saturated rings. The Morgan fingerprint density at radius 1 is 1.09 bits per heavy atom. The number of hydrogen-bond donors (Lipinski definition) is 2. The van der Waals surface area contributed by atoms with Gasteiger partial charge in [-0.2, -0.15) is 0 Å². The van der Waals surface area contributed by atoms with E-state index in [0.29, 0.717) is 16.1 Å². The number of hydrogen-bond acceptors (Lipinski definition) is 5. The van der Waals surface area contributed by atoms with Crippen molar-refractivity contribution in [2.24, 2.45) is 0 Å². The molecule has 0 radical (unpaired) electrons. The van der Waals surface area contributed by atoms with Gasteiger partial charge in [0.15, 0.2) is 0 Å². The van der Waals surface area contributed by atoms with Crippen molar-refractivity contribution in [2.75, 3.05) is 6.54 Å². The van der Waals surface area contributed by atoms with Crippen LogP contribution in [-0.4, -0.2) is 42.0 Å². The first-order valence-electron chi connectivity index (χ1n) is 10.5. The van der Waals surface area contributed by atoms with Crippen molar-refractivity contribution in [3.8, 4) is 0 Å². The van der Waals surface area contributed by atoms with Crippen molar-refractivity contribution in [2.45, 2.75) is 45.5 Å². The van der Waals surface area contributed by atoms with Crippen LogP contribution < -0.4 is 5.32 Å². The third-order valence-electron chi connectivity index (χ3n) is 5.79. The second kappa shape index (κ2) is 9.99. The van der Waals surface area contributed by atoms with E-state index in [1.54, 1.807) is 12.1 Å². The molecule has 2 N–H and O–H groups in total. The van der Waals surface area contributed by atoms with Gasteiger partial charge in [0.1, 0.15) is 6.61 Å². The van der Waals surface area contributed by atoms with E-state index < -0.39 is 30.4 Å². The maximum atomic E-state index is 12.3. The Kier molecular flexibility index (Phi) is 7.52. The predicted octanol–water partition coefficient (Wildman–Crippen LogP) is 4.98. The average molecular weight is 472 g/mol. The monoisotopic (exact) mass is 471 g/mol. The molecule has 7 nitrogen and oxygen atoms in total. The van der Waals surface area contributed by atoms with Crippen molar-refractivity contribution >= 4 is 36.9 Å². The summed E-state index contributed by atoms with van der Waals surface area (Å²) in [6.45, 7) is 7.79. The Labute approximate surface area is 198 Å². The second-order valence-electron chi connectivity index (χ2n) is 8.76. The van der Waals surface area contributed by atoms with E-state index in [-0.39, 0.29) is 18.7 Å². The molecule has 1 amide bonds. The molecule has 3 rings (SSSR count). The number of nitrogens with one attached hydrogen (secondary N) is 1. The number of amides is 1. The summed E-state index contributed by atoms with van der Waals surface area (Å²) < 4.78 is 17.5. The van der Waals surface area contributed by atoms with Gasteiger partial charge < -0.3 is 24.5 Å². The first-order chi connectivity index (χ1) is 15.5. The van der Waals surface area contributed by atoms with E-state index in [1.165, 1.54) is 12.1 Å². The Morgan fingerprint density at radius 3 is 2.33 bits per heavy atom. The molecule has 0 spiro atoms. The van der Waals surface area contributed by atoms with Gasteiger partial charge in [0.25, 0.3) is 0 Å². The number of benzene rings is 2. The smallest absolute Gasteiger partial charge is 0.478 e. The fourth-order valence-corrected chi connectivity index (χ4v) is 3.37. The summed E-state index contributed by atoms with van der Waals surface area (Å²) in [7, 11) is -0.801. The summed E-state index contributed by atoms with van der Waals surface area (Å²) in [6, 6.07) is 13.8. The van der Waals surface area contributed by atoms with Gasteiger partial charge in [-0.3, -0.25) is 0 Å². The number of carbonyl (C=O) groups is 2. The molecule has 0 saturated carbocycles. The molecule has 1 aliphatic heterocycles. The Hall–Kier alpha value is -2.81. The van der Waals surface area contributed by atoms with Crippen LogP contribution in [0.4, 0.5) is 4.79 Å². The molecule has 2 aromatic carbocycles. The SMILES string of the molecule is CC1(C)OB(C(=Cc2cc(Cl)ccc2C(=O)O)CNC(=O)OCc2ccccc2)OC1(C)C. The number of rotatable bonds is 7. The zero-order valence-electron chi connectivity index (χ0n) is 19.1. The van der Waals surface area contributed by atoms with E-state index in [2.05, 4.69) is 5.32 Å². The molecular weight excluding hydrogens is 445 g/mol. The van der Waals surface area contributed by atoms with Gasteiger partial charge in [-0.05, 0) is 62.5 Å². The largest absolute Gasteiger partial charge is 0.492 e. The minimum Gasteiger partial charge on any atom is -0.478 e. The highest BCUT2D eigenvalue weighted by molar-refractivity contribution is 6.56. The van der Waals surface area contributed by atoms with Gasteiger partial charge in [0.2, 0.25) is 0 Å². The van der Waals surface area contributed by atoms with Gasteiger partial charge in [0, 0.05) is 11.6 Å². The third kappa shape index (κ3) is 6.16. The first-order valence-corrected chi connectivity index (χ1v) is 10.9. The summed E-state index contributed by atoms with van der Waals surface area (Å²) >= 11 is 6.11. The van der Waals surface area contributed by atoms with Gasteiger partial charge >= 0.3 is 19.2 Å². The van der Waals surface area contributed by atoms with Crippen molar-refractivity contribution in [3.05, 3.63) is 75.7 Å². The van der Waals surface area contributed by atoms with E-state index in [9.17, 15) is 14.7 Å². The molecule has 2 aromatic rings. The minimum absolute atomic E-state index is 0.0238. The molecular formula is C24H27BClNO6. The number of carbonyl (C=O) groups excluding carboxylic acids is 1. The molecule has 1 heterocycles. The standard InChI is InChI=1S/C24H27BClNO6/c1-23(2)24(3,4)33-25(32-23)18(12-17-13-19(26)10-11-20(17)21(28)29)14-27-22(30)31-15-16-8-6-5-7-9-16/h5-13H,14-15H2,1-4H3,(H,27,30)(H,28,29). The number of halogens is 1. The molecule has 0 aromatic heterocycles. The van der Waals surface area contributed by atoms with Crippen LogP contribution in [0.3, 0.4) is 0 Å². The van der Waals surface area contributed by atoms with Gasteiger partial charge in [-0.1, -0.05) is 48.0 Å². The zero-order valence-corrected chi connectivity index (χ0v) is 19.8. The molecule has 9 heteroatoms. The summed E-state index contributed by atoms with van der Waals surface area (Å²) in [5.74, 6) is -1.10. The highest BCUT2D eigenvalue weighted by atomic mass is 35.5. The number of carboxylic acids is 1. The lowest BCUT2D eigenvalue weighted by Gasteiger charge is -2.32. The van der Waals surface area contributed by atoms with Crippen molar-refractivity contribution in [3.63, 3.8) is 0 Å². The highest BCUT2D eigenvalue weighted by Crippen LogP contribution is 2.39. The summed E-state index contributed by atoms with van der Waals surface area (Å²) in [5.41, 5.74) is 0.594. The Morgan fingerprint density at radius 2 is 1.73 bits per heavy atom. The molecule has 0 bridgehead atoms. The van der Waals surface area contributed by atoms with Crippen LogP contribution in [0.25, 0.3) is 6.08 Å². The van der Waals surface area contributed by atoms with Crippen molar-refractivity contribution in [1.82, 2.24) is 5.32 Å². The van der Waals surface area contributed by atoms with E-state index in [1.807, 2.05) is 58.0 Å². The second-order valence-corrected chi connectivity index (χ2v) is 9.20. The quantitative estimate of drug-likeness (QED) is 0.553. The first kappa shape index (κ1) is 24.8. The summed E-state index contributed by atoms with van der Waals surface area (Å²) in [6.07, 6.45) is 1.00. The van der Waals surface area contributed by atoms with Crippen LogP contribution in [0.1, 0.15) is 49.2 Å². The van der Waals surface area contributed by atoms with Crippen LogP contribution in [0.15, 0.2) is 54.0 Å². The molecule has 174 valence electrons. The summed E-state index contributed by atoms with van der Waals surface area (Å²) in [4.78, 5) is 24.0. The summed E-state index contributed by atoms with van der Waals surface area (Å²) in [5, 5.41) is 12.7. The molecule has 0 unspecified atom stereocenters. The molecule has 0 aliphatic carbocycles. The number of alkyl carbamates (subject to hydrolysis) is 1. The Balaban J connectivity index is 1.82. The van der Waals surface area contributed by atoms with Gasteiger partial charge in [-0.25, -0.2) is 9.59 Å².